The minimum atomic E-state index is -1.26. The van der Waals surface area contributed by atoms with Crippen LogP contribution in [0.2, 0.25) is 0 Å². The van der Waals surface area contributed by atoms with Crippen molar-refractivity contribution < 1.29 is 19.1 Å². The van der Waals surface area contributed by atoms with Crippen LogP contribution in [0.5, 0.6) is 0 Å². The van der Waals surface area contributed by atoms with Gasteiger partial charge in [-0.15, -0.1) is 0 Å². The van der Waals surface area contributed by atoms with Gasteiger partial charge in [0.15, 0.2) is 0 Å². The average Bonchev–Trinajstić information content (AvgIpc) is 2.99. The highest BCUT2D eigenvalue weighted by Crippen LogP contribution is 2.21. The zero-order chi connectivity index (χ0) is 16.9. The van der Waals surface area contributed by atoms with E-state index in [1.165, 1.54) is 0 Å². The minimum absolute atomic E-state index is 0.0534. The molecule has 2 atom stereocenters. The first-order chi connectivity index (χ1) is 10.9. The van der Waals surface area contributed by atoms with Crippen molar-refractivity contribution in [2.45, 2.75) is 39.1 Å². The van der Waals surface area contributed by atoms with Gasteiger partial charge < -0.3 is 19.6 Å². The lowest BCUT2D eigenvalue weighted by Crippen LogP contribution is -2.42. The van der Waals surface area contributed by atoms with Crippen LogP contribution in [0.4, 0.5) is 0 Å². The number of aliphatic hydroxyl groups is 1. The van der Waals surface area contributed by atoms with Crippen molar-refractivity contribution in [3.63, 3.8) is 0 Å². The molecular formula is C18H23NO4. The van der Waals surface area contributed by atoms with Crippen LogP contribution in [-0.2, 0) is 21.7 Å². The van der Waals surface area contributed by atoms with Crippen LogP contribution in [0.3, 0.4) is 0 Å². The first-order valence-electron chi connectivity index (χ1n) is 7.61. The van der Waals surface area contributed by atoms with Crippen molar-refractivity contribution in [1.82, 2.24) is 5.32 Å². The molecular weight excluding hydrogens is 294 g/mol. The largest absolute Gasteiger partial charge is 0.463 e. The molecule has 0 aliphatic rings. The molecule has 0 spiro atoms. The maximum absolute atomic E-state index is 12.1. The summed E-state index contributed by atoms with van der Waals surface area (Å²) in [6.07, 6.45) is -0.607. The molecule has 0 aliphatic heterocycles. The fourth-order valence-corrected chi connectivity index (χ4v) is 2.09. The normalized spacial score (nSPS) is 15.0. The third-order valence-electron chi connectivity index (χ3n) is 3.59. The predicted molar refractivity (Wildman–Crippen MR) is 86.7 cm³/mol. The fraction of sp³-hybridized carbons (Fsp3) is 0.389. The highest BCUT2D eigenvalue weighted by atomic mass is 16.5. The summed E-state index contributed by atoms with van der Waals surface area (Å²) < 4.78 is 11.0. The number of nitrogens with one attached hydrogen (secondary N) is 1. The van der Waals surface area contributed by atoms with Crippen LogP contribution >= 0.6 is 0 Å². The number of benzene rings is 1. The van der Waals surface area contributed by atoms with E-state index in [9.17, 15) is 9.90 Å². The summed E-state index contributed by atoms with van der Waals surface area (Å²) in [6.45, 7) is 5.50. The Morgan fingerprint density at radius 1 is 1.30 bits per heavy atom. The maximum atomic E-state index is 12.1. The zero-order valence-electron chi connectivity index (χ0n) is 13.7. The SMILES string of the molecule is Cc1ccc(C(C)(O)CNC(=O)C(C)OCc2ccccc2)o1. The topological polar surface area (TPSA) is 71.7 Å². The highest BCUT2D eigenvalue weighted by Gasteiger charge is 2.28. The van der Waals surface area contributed by atoms with Crippen molar-refractivity contribution in [2.75, 3.05) is 6.54 Å². The molecule has 0 radical (unpaired) electrons. The number of amides is 1. The van der Waals surface area contributed by atoms with Crippen LogP contribution in [-0.4, -0.2) is 23.7 Å². The van der Waals surface area contributed by atoms with Crippen molar-refractivity contribution >= 4 is 5.91 Å². The molecule has 0 saturated carbocycles. The van der Waals surface area contributed by atoms with Crippen molar-refractivity contribution in [3.8, 4) is 0 Å². The van der Waals surface area contributed by atoms with Crippen LogP contribution in [0.15, 0.2) is 46.9 Å². The molecule has 0 saturated heterocycles. The number of carbonyl (C=O) groups excluding carboxylic acids is 1. The molecule has 2 aromatic rings. The van der Waals surface area contributed by atoms with E-state index in [2.05, 4.69) is 5.32 Å². The summed E-state index contributed by atoms with van der Waals surface area (Å²) in [4.78, 5) is 12.1. The molecule has 1 aromatic heterocycles. The van der Waals surface area contributed by atoms with Gasteiger partial charge in [-0.05, 0) is 38.5 Å². The van der Waals surface area contributed by atoms with Gasteiger partial charge in [-0.25, -0.2) is 0 Å². The van der Waals surface area contributed by atoms with Gasteiger partial charge in [0.05, 0.1) is 13.2 Å². The van der Waals surface area contributed by atoms with E-state index in [0.29, 0.717) is 18.1 Å². The van der Waals surface area contributed by atoms with Gasteiger partial charge in [-0.2, -0.15) is 0 Å². The van der Waals surface area contributed by atoms with E-state index in [1.54, 1.807) is 32.9 Å². The van der Waals surface area contributed by atoms with Crippen LogP contribution < -0.4 is 5.32 Å². The summed E-state index contributed by atoms with van der Waals surface area (Å²) in [7, 11) is 0. The fourth-order valence-electron chi connectivity index (χ4n) is 2.09. The van der Waals surface area contributed by atoms with Crippen molar-refractivity contribution in [1.29, 1.82) is 0 Å². The van der Waals surface area contributed by atoms with E-state index < -0.39 is 11.7 Å². The second kappa shape index (κ2) is 7.44. The molecule has 23 heavy (non-hydrogen) atoms. The number of ether oxygens (including phenoxy) is 1. The average molecular weight is 317 g/mol. The molecule has 5 heteroatoms. The molecule has 1 heterocycles. The molecule has 0 fully saturated rings. The molecule has 2 unspecified atom stereocenters. The number of furan rings is 1. The Kier molecular flexibility index (Phi) is 5.58. The Bertz CT molecular complexity index is 633. The lowest BCUT2D eigenvalue weighted by molar-refractivity contribution is -0.133. The van der Waals surface area contributed by atoms with Crippen LogP contribution in [0.1, 0.15) is 30.9 Å². The lowest BCUT2D eigenvalue weighted by Gasteiger charge is -2.22. The van der Waals surface area contributed by atoms with E-state index in [1.807, 2.05) is 30.3 Å². The van der Waals surface area contributed by atoms with Gasteiger partial charge in [-0.1, -0.05) is 30.3 Å². The molecule has 0 aliphatic carbocycles. The zero-order valence-corrected chi connectivity index (χ0v) is 13.7. The Morgan fingerprint density at radius 2 is 2.00 bits per heavy atom. The van der Waals surface area contributed by atoms with Gasteiger partial charge in [0.25, 0.3) is 0 Å². The van der Waals surface area contributed by atoms with Crippen molar-refractivity contribution in [2.24, 2.45) is 0 Å². The molecule has 0 bridgehead atoms. The van der Waals surface area contributed by atoms with Crippen molar-refractivity contribution in [3.05, 3.63) is 59.5 Å². The quantitative estimate of drug-likeness (QED) is 0.823. The minimum Gasteiger partial charge on any atom is -0.463 e. The standard InChI is InChI=1S/C18H23NO4/c1-13-9-10-16(23-13)18(3,21)12-19-17(20)14(2)22-11-15-7-5-4-6-8-15/h4-10,14,21H,11-12H2,1-3H3,(H,19,20). The third kappa shape index (κ3) is 4.94. The summed E-state index contributed by atoms with van der Waals surface area (Å²) in [5.41, 5.74) is -0.256. The molecule has 1 aromatic carbocycles. The first-order valence-corrected chi connectivity index (χ1v) is 7.61. The molecule has 5 nitrogen and oxygen atoms in total. The van der Waals surface area contributed by atoms with Crippen LogP contribution in [0, 0.1) is 6.92 Å². The second-order valence-corrected chi connectivity index (χ2v) is 5.84. The summed E-state index contributed by atoms with van der Waals surface area (Å²) in [5.74, 6) is 0.865. The second-order valence-electron chi connectivity index (χ2n) is 5.84. The number of rotatable bonds is 7. The molecule has 2 N–H and O–H groups in total. The van der Waals surface area contributed by atoms with E-state index in [-0.39, 0.29) is 12.5 Å². The summed E-state index contributed by atoms with van der Waals surface area (Å²) in [6, 6.07) is 13.1. The van der Waals surface area contributed by atoms with Gasteiger partial charge in [0.2, 0.25) is 5.91 Å². The third-order valence-corrected chi connectivity index (χ3v) is 3.59. The monoisotopic (exact) mass is 317 g/mol. The Morgan fingerprint density at radius 3 is 2.61 bits per heavy atom. The molecule has 1 amide bonds. The van der Waals surface area contributed by atoms with Crippen LogP contribution in [0.25, 0.3) is 0 Å². The summed E-state index contributed by atoms with van der Waals surface area (Å²) >= 11 is 0. The van der Waals surface area contributed by atoms with E-state index in [4.69, 9.17) is 9.15 Å². The van der Waals surface area contributed by atoms with Gasteiger partial charge in [0.1, 0.15) is 23.2 Å². The number of carbonyl (C=O) groups is 1. The maximum Gasteiger partial charge on any atom is 0.248 e. The van der Waals surface area contributed by atoms with Gasteiger partial charge in [0, 0.05) is 0 Å². The van der Waals surface area contributed by atoms with E-state index in [0.717, 1.165) is 5.56 Å². The Labute approximate surface area is 136 Å². The van der Waals surface area contributed by atoms with E-state index >= 15 is 0 Å². The van der Waals surface area contributed by atoms with Gasteiger partial charge in [-0.3, -0.25) is 4.79 Å². The number of hydrogen-bond acceptors (Lipinski definition) is 4. The Hall–Kier alpha value is -2.11. The Balaban J connectivity index is 1.81. The molecule has 2 rings (SSSR count). The summed E-state index contributed by atoms with van der Waals surface area (Å²) in [5, 5.41) is 13.1. The predicted octanol–water partition coefficient (Wildman–Crippen LogP) is 2.52. The first kappa shape index (κ1) is 17.2. The lowest BCUT2D eigenvalue weighted by atomic mass is 10.0. The molecule has 124 valence electrons. The number of aryl methyl sites for hydroxylation is 1. The smallest absolute Gasteiger partial charge is 0.248 e. The highest BCUT2D eigenvalue weighted by molar-refractivity contribution is 5.80. The van der Waals surface area contributed by atoms with Gasteiger partial charge >= 0.3 is 0 Å². The number of hydrogen-bond donors (Lipinski definition) is 2.